The SMILES string of the molecule is Cc1cccnc1NC(=O)N[C@@H]1CCO[C@@H](c2ccccc2)C1. The molecule has 2 N–H and O–H groups in total. The van der Waals surface area contributed by atoms with Crippen molar-refractivity contribution in [1.82, 2.24) is 10.3 Å². The van der Waals surface area contributed by atoms with E-state index >= 15 is 0 Å². The highest BCUT2D eigenvalue weighted by molar-refractivity contribution is 5.89. The summed E-state index contributed by atoms with van der Waals surface area (Å²) in [6, 6.07) is 13.8. The number of urea groups is 1. The van der Waals surface area contributed by atoms with Crippen LogP contribution in [0.3, 0.4) is 0 Å². The fourth-order valence-corrected chi connectivity index (χ4v) is 2.77. The Bertz CT molecular complexity index is 660. The van der Waals surface area contributed by atoms with E-state index in [0.29, 0.717) is 12.4 Å². The lowest BCUT2D eigenvalue weighted by atomic mass is 9.97. The molecule has 1 fully saturated rings. The van der Waals surface area contributed by atoms with Crippen molar-refractivity contribution in [1.29, 1.82) is 0 Å². The molecule has 1 saturated heterocycles. The van der Waals surface area contributed by atoms with Crippen molar-refractivity contribution in [3.8, 4) is 0 Å². The molecule has 120 valence electrons. The van der Waals surface area contributed by atoms with Crippen LogP contribution in [0.2, 0.25) is 0 Å². The zero-order valence-corrected chi connectivity index (χ0v) is 13.2. The molecule has 0 radical (unpaired) electrons. The summed E-state index contributed by atoms with van der Waals surface area (Å²) in [7, 11) is 0. The van der Waals surface area contributed by atoms with Crippen LogP contribution in [-0.2, 0) is 4.74 Å². The van der Waals surface area contributed by atoms with Gasteiger partial charge in [-0.25, -0.2) is 9.78 Å². The van der Waals surface area contributed by atoms with Crippen molar-refractivity contribution in [2.24, 2.45) is 0 Å². The minimum Gasteiger partial charge on any atom is -0.373 e. The van der Waals surface area contributed by atoms with E-state index in [4.69, 9.17) is 4.74 Å². The normalized spacial score (nSPS) is 20.7. The summed E-state index contributed by atoms with van der Waals surface area (Å²) in [6.45, 7) is 2.57. The fourth-order valence-electron chi connectivity index (χ4n) is 2.77. The Morgan fingerprint density at radius 2 is 2.04 bits per heavy atom. The summed E-state index contributed by atoms with van der Waals surface area (Å²) in [5.41, 5.74) is 2.09. The molecule has 1 aliphatic heterocycles. The predicted octanol–water partition coefficient (Wildman–Crippen LogP) is 3.43. The fraction of sp³-hybridized carbons (Fsp3) is 0.333. The van der Waals surface area contributed by atoms with E-state index in [1.165, 1.54) is 0 Å². The summed E-state index contributed by atoms with van der Waals surface area (Å²) >= 11 is 0. The molecule has 0 bridgehead atoms. The number of amides is 2. The smallest absolute Gasteiger partial charge is 0.320 e. The lowest BCUT2D eigenvalue weighted by molar-refractivity contribution is 0.00253. The second-order valence-electron chi connectivity index (χ2n) is 5.76. The van der Waals surface area contributed by atoms with E-state index < -0.39 is 0 Å². The van der Waals surface area contributed by atoms with Crippen molar-refractivity contribution >= 4 is 11.8 Å². The molecule has 2 aromatic rings. The van der Waals surface area contributed by atoms with Gasteiger partial charge in [-0.1, -0.05) is 36.4 Å². The Hall–Kier alpha value is -2.40. The third kappa shape index (κ3) is 4.07. The molecule has 1 aliphatic rings. The minimum absolute atomic E-state index is 0.0341. The van der Waals surface area contributed by atoms with Crippen LogP contribution in [0.1, 0.15) is 30.1 Å². The maximum Gasteiger partial charge on any atom is 0.320 e. The highest BCUT2D eigenvalue weighted by atomic mass is 16.5. The van der Waals surface area contributed by atoms with E-state index in [-0.39, 0.29) is 18.2 Å². The summed E-state index contributed by atoms with van der Waals surface area (Å²) < 4.78 is 5.83. The molecule has 0 saturated carbocycles. The number of rotatable bonds is 3. The van der Waals surface area contributed by atoms with Gasteiger partial charge in [0.15, 0.2) is 0 Å². The maximum absolute atomic E-state index is 12.2. The van der Waals surface area contributed by atoms with E-state index in [1.807, 2.05) is 37.3 Å². The molecular formula is C18H21N3O2. The van der Waals surface area contributed by atoms with Crippen LogP contribution >= 0.6 is 0 Å². The van der Waals surface area contributed by atoms with Crippen LogP contribution in [0.5, 0.6) is 0 Å². The van der Waals surface area contributed by atoms with E-state index in [0.717, 1.165) is 24.0 Å². The molecule has 0 spiro atoms. The van der Waals surface area contributed by atoms with Gasteiger partial charge in [0.2, 0.25) is 0 Å². The largest absolute Gasteiger partial charge is 0.373 e. The quantitative estimate of drug-likeness (QED) is 0.913. The van der Waals surface area contributed by atoms with Crippen molar-refractivity contribution in [2.75, 3.05) is 11.9 Å². The van der Waals surface area contributed by atoms with Crippen molar-refractivity contribution in [2.45, 2.75) is 31.9 Å². The van der Waals surface area contributed by atoms with Crippen molar-refractivity contribution < 1.29 is 9.53 Å². The van der Waals surface area contributed by atoms with Crippen LogP contribution < -0.4 is 10.6 Å². The molecule has 0 aliphatic carbocycles. The lowest BCUT2D eigenvalue weighted by Crippen LogP contribution is -2.42. The number of carbonyl (C=O) groups is 1. The molecule has 5 heteroatoms. The summed E-state index contributed by atoms with van der Waals surface area (Å²) in [5.74, 6) is 0.594. The molecular weight excluding hydrogens is 290 g/mol. The van der Waals surface area contributed by atoms with Gasteiger partial charge in [-0.15, -0.1) is 0 Å². The van der Waals surface area contributed by atoms with Gasteiger partial charge in [-0.3, -0.25) is 5.32 Å². The van der Waals surface area contributed by atoms with E-state index in [2.05, 4.69) is 27.8 Å². The second kappa shape index (κ2) is 7.24. The monoisotopic (exact) mass is 311 g/mol. The number of nitrogens with zero attached hydrogens (tertiary/aromatic N) is 1. The van der Waals surface area contributed by atoms with Gasteiger partial charge < -0.3 is 10.1 Å². The Morgan fingerprint density at radius 1 is 1.22 bits per heavy atom. The predicted molar refractivity (Wildman–Crippen MR) is 89.3 cm³/mol. The van der Waals surface area contributed by atoms with Gasteiger partial charge in [-0.2, -0.15) is 0 Å². The zero-order valence-electron chi connectivity index (χ0n) is 13.2. The molecule has 0 unspecified atom stereocenters. The number of hydrogen-bond donors (Lipinski definition) is 2. The first-order valence-corrected chi connectivity index (χ1v) is 7.88. The standard InChI is InChI=1S/C18H21N3O2/c1-13-6-5-10-19-17(13)21-18(22)20-15-9-11-23-16(12-15)14-7-3-2-4-8-14/h2-8,10,15-16H,9,11-12H2,1H3,(H2,19,20,21,22)/t15-,16-/m1/s1. The highest BCUT2D eigenvalue weighted by Crippen LogP contribution is 2.27. The Kier molecular flexibility index (Phi) is 4.88. The highest BCUT2D eigenvalue weighted by Gasteiger charge is 2.25. The Morgan fingerprint density at radius 3 is 2.83 bits per heavy atom. The molecule has 2 atom stereocenters. The number of benzene rings is 1. The van der Waals surface area contributed by atoms with Gasteiger partial charge in [0.1, 0.15) is 5.82 Å². The average Bonchev–Trinajstić information content (AvgIpc) is 2.58. The number of ether oxygens (including phenoxy) is 1. The second-order valence-corrected chi connectivity index (χ2v) is 5.76. The lowest BCUT2D eigenvalue weighted by Gasteiger charge is -2.30. The van der Waals surface area contributed by atoms with Crippen molar-refractivity contribution in [3.05, 3.63) is 59.8 Å². The van der Waals surface area contributed by atoms with Crippen LogP contribution in [0, 0.1) is 6.92 Å². The first-order valence-electron chi connectivity index (χ1n) is 7.88. The van der Waals surface area contributed by atoms with Crippen LogP contribution in [0.15, 0.2) is 48.7 Å². The number of aromatic nitrogens is 1. The van der Waals surface area contributed by atoms with Gasteiger partial charge in [0.25, 0.3) is 0 Å². The number of anilines is 1. The van der Waals surface area contributed by atoms with Gasteiger partial charge in [0.05, 0.1) is 6.10 Å². The summed E-state index contributed by atoms with van der Waals surface area (Å²) in [6.07, 6.45) is 3.30. The van der Waals surface area contributed by atoms with Gasteiger partial charge in [0, 0.05) is 18.8 Å². The van der Waals surface area contributed by atoms with Crippen LogP contribution in [0.25, 0.3) is 0 Å². The Labute approximate surface area is 136 Å². The number of aryl methyl sites for hydroxylation is 1. The molecule has 2 heterocycles. The molecule has 3 rings (SSSR count). The molecule has 23 heavy (non-hydrogen) atoms. The van der Waals surface area contributed by atoms with Crippen molar-refractivity contribution in [3.63, 3.8) is 0 Å². The maximum atomic E-state index is 12.2. The number of hydrogen-bond acceptors (Lipinski definition) is 3. The summed E-state index contributed by atoms with van der Waals surface area (Å²) in [4.78, 5) is 16.4. The molecule has 1 aromatic carbocycles. The van der Waals surface area contributed by atoms with Crippen LogP contribution in [-0.4, -0.2) is 23.7 Å². The zero-order chi connectivity index (χ0) is 16.1. The average molecular weight is 311 g/mol. The van der Waals surface area contributed by atoms with Crippen LogP contribution in [0.4, 0.5) is 10.6 Å². The number of pyridine rings is 1. The third-order valence-electron chi connectivity index (χ3n) is 4.03. The first kappa shape index (κ1) is 15.5. The third-order valence-corrected chi connectivity index (χ3v) is 4.03. The number of nitrogens with one attached hydrogen (secondary N) is 2. The molecule has 5 nitrogen and oxygen atoms in total. The van der Waals surface area contributed by atoms with E-state index in [1.54, 1.807) is 6.20 Å². The van der Waals surface area contributed by atoms with E-state index in [9.17, 15) is 4.79 Å². The topological polar surface area (TPSA) is 63.2 Å². The number of carbonyl (C=O) groups excluding carboxylic acids is 1. The molecule has 2 amide bonds. The first-order chi connectivity index (χ1) is 11.2. The minimum atomic E-state index is -0.217. The summed E-state index contributed by atoms with van der Waals surface area (Å²) in [5, 5.41) is 5.83. The van der Waals surface area contributed by atoms with Gasteiger partial charge in [-0.05, 0) is 37.0 Å². The molecule has 1 aromatic heterocycles. The van der Waals surface area contributed by atoms with Gasteiger partial charge >= 0.3 is 6.03 Å². The Balaban J connectivity index is 1.57.